The van der Waals surface area contributed by atoms with E-state index in [4.69, 9.17) is 0 Å². The van der Waals surface area contributed by atoms with Gasteiger partial charge in [-0.05, 0) is 62.5 Å². The number of benzene rings is 7. The van der Waals surface area contributed by atoms with Gasteiger partial charge in [0.05, 0.1) is 11.0 Å². The van der Waals surface area contributed by atoms with Crippen LogP contribution in [0.15, 0.2) is 194 Å². The summed E-state index contributed by atoms with van der Waals surface area (Å²) >= 11 is 0. The maximum Gasteiger partial charge on any atom is 0.179 e. The highest BCUT2D eigenvalue weighted by Gasteiger charge is 2.41. The van der Waals surface area contributed by atoms with Gasteiger partial charge in [0.25, 0.3) is 0 Å². The van der Waals surface area contributed by atoms with Crippen molar-refractivity contribution < 1.29 is 0 Å². The highest BCUT2D eigenvalue weighted by Crippen LogP contribution is 2.38. The quantitative estimate of drug-likeness (QED) is 0.132. The zero-order valence-electron chi connectivity index (χ0n) is 25.9. The molecule has 47 heavy (non-hydrogen) atoms. The first-order chi connectivity index (χ1) is 23.3. The van der Waals surface area contributed by atoms with Crippen molar-refractivity contribution in [3.63, 3.8) is 0 Å². The molecule has 2 nitrogen and oxygen atoms in total. The van der Waals surface area contributed by atoms with Gasteiger partial charge in [-0.3, -0.25) is 0 Å². The van der Waals surface area contributed by atoms with E-state index >= 15 is 0 Å². The molecule has 7 aromatic carbocycles. The van der Waals surface area contributed by atoms with Crippen LogP contribution in [0.5, 0.6) is 0 Å². The maximum atomic E-state index is 2.52. The predicted octanol–water partition coefficient (Wildman–Crippen LogP) is 8.11. The second-order valence-electron chi connectivity index (χ2n) is 12.2. The Morgan fingerprint density at radius 1 is 0.298 bits per heavy atom. The van der Waals surface area contributed by atoms with Gasteiger partial charge < -0.3 is 9.13 Å². The van der Waals surface area contributed by atoms with Crippen molar-refractivity contribution in [3.05, 3.63) is 194 Å². The minimum Gasteiger partial charge on any atom is -0.316 e. The predicted molar refractivity (Wildman–Crippen MR) is 201 cm³/mol. The molecule has 0 atom stereocenters. The summed E-state index contributed by atoms with van der Waals surface area (Å²) in [6, 6.07) is 66.9. The van der Waals surface area contributed by atoms with Gasteiger partial charge >= 0.3 is 0 Å². The normalized spacial score (nSPS) is 11.8. The van der Waals surface area contributed by atoms with Gasteiger partial charge in [-0.25, -0.2) is 0 Å². The van der Waals surface area contributed by atoms with Crippen LogP contribution < -0.4 is 20.7 Å². The molecular formula is C44H32N2Si. The van der Waals surface area contributed by atoms with Crippen molar-refractivity contribution in [2.75, 3.05) is 0 Å². The first-order valence-corrected chi connectivity index (χ1v) is 18.2. The van der Waals surface area contributed by atoms with E-state index in [1.54, 1.807) is 0 Å². The summed E-state index contributed by atoms with van der Waals surface area (Å²) in [7, 11) is -2.70. The van der Waals surface area contributed by atoms with E-state index in [1.807, 2.05) is 0 Å². The summed E-state index contributed by atoms with van der Waals surface area (Å²) in [5.41, 5.74) is 4.78. The van der Waals surface area contributed by atoms with Crippen molar-refractivity contribution in [2.45, 2.75) is 0 Å². The van der Waals surface area contributed by atoms with E-state index in [0.717, 1.165) is 11.4 Å². The Morgan fingerprint density at radius 3 is 1.13 bits per heavy atom. The molecule has 0 saturated carbocycles. The van der Waals surface area contributed by atoms with Gasteiger partial charge in [0, 0.05) is 39.9 Å². The second kappa shape index (κ2) is 11.2. The molecule has 0 unspecified atom stereocenters. The minimum absolute atomic E-state index is 1.16. The van der Waals surface area contributed by atoms with Crippen molar-refractivity contribution in [2.24, 2.45) is 0 Å². The van der Waals surface area contributed by atoms with Crippen LogP contribution in [0.2, 0.25) is 0 Å². The number of fused-ring (bicyclic) bond motifs is 6. The summed E-state index contributed by atoms with van der Waals surface area (Å²) in [5.74, 6) is 0. The third-order valence-electron chi connectivity index (χ3n) is 9.71. The Morgan fingerprint density at radius 2 is 0.681 bits per heavy atom. The number of para-hydroxylation sites is 2. The Labute approximate surface area is 275 Å². The molecule has 0 aliphatic carbocycles. The molecule has 2 aromatic heterocycles. The molecule has 0 radical (unpaired) electrons. The average Bonchev–Trinajstić information content (AvgIpc) is 3.80. The Hall–Kier alpha value is -5.90. The van der Waals surface area contributed by atoms with Gasteiger partial charge in [-0.2, -0.15) is 0 Å². The van der Waals surface area contributed by atoms with E-state index in [-0.39, 0.29) is 0 Å². The molecule has 222 valence electrons. The van der Waals surface area contributed by atoms with Crippen LogP contribution in [-0.2, 0) is 0 Å². The van der Waals surface area contributed by atoms with Crippen molar-refractivity contribution in [1.82, 2.24) is 9.13 Å². The fraction of sp³-hybridized carbons (Fsp3) is 0. The lowest BCUT2D eigenvalue weighted by molar-refractivity contribution is 1.13. The van der Waals surface area contributed by atoms with Crippen LogP contribution in [0.1, 0.15) is 0 Å². The summed E-state index contributed by atoms with van der Waals surface area (Å²) in [5, 5.41) is 10.6. The summed E-state index contributed by atoms with van der Waals surface area (Å²) < 4.78 is 4.71. The molecule has 0 bridgehead atoms. The zero-order valence-corrected chi connectivity index (χ0v) is 26.9. The van der Waals surface area contributed by atoms with Crippen LogP contribution in [0.3, 0.4) is 0 Å². The largest absolute Gasteiger partial charge is 0.316 e. The number of hydrogen-bond donors (Lipinski definition) is 0. The summed E-state index contributed by atoms with van der Waals surface area (Å²) in [6.45, 7) is 0. The second-order valence-corrected chi connectivity index (χ2v) is 16.0. The lowest BCUT2D eigenvalue weighted by Crippen LogP contribution is -2.74. The molecule has 0 amide bonds. The number of aromatic nitrogens is 2. The van der Waals surface area contributed by atoms with Gasteiger partial charge in [-0.1, -0.05) is 146 Å². The Kier molecular flexibility index (Phi) is 6.51. The fourth-order valence-electron chi connectivity index (χ4n) is 7.70. The molecular weight excluding hydrogens is 585 g/mol. The van der Waals surface area contributed by atoms with Crippen LogP contribution in [0.25, 0.3) is 44.0 Å². The third-order valence-corrected chi connectivity index (χ3v) is 14.5. The van der Waals surface area contributed by atoms with E-state index in [0.29, 0.717) is 0 Å². The molecule has 0 saturated heterocycles. The van der Waals surface area contributed by atoms with Gasteiger partial charge in [0.1, 0.15) is 0 Å². The molecule has 3 heteroatoms. The van der Waals surface area contributed by atoms with Crippen LogP contribution in [-0.4, -0.2) is 17.2 Å². The first-order valence-electron chi connectivity index (χ1n) is 16.2. The molecule has 0 N–H and O–H groups in total. The van der Waals surface area contributed by atoms with Gasteiger partial charge in [-0.15, -0.1) is 0 Å². The van der Waals surface area contributed by atoms with E-state index in [2.05, 4.69) is 204 Å². The smallest absolute Gasteiger partial charge is 0.179 e. The molecule has 0 spiro atoms. The first kappa shape index (κ1) is 27.4. The molecule has 2 heterocycles. The molecule has 9 aromatic rings. The third kappa shape index (κ3) is 4.24. The highest BCUT2D eigenvalue weighted by atomic mass is 28.3. The van der Waals surface area contributed by atoms with E-state index in [1.165, 1.54) is 53.3 Å². The van der Waals surface area contributed by atoms with Crippen LogP contribution in [0, 0.1) is 0 Å². The monoisotopic (exact) mass is 616 g/mol. The summed E-state index contributed by atoms with van der Waals surface area (Å²) in [4.78, 5) is 0. The number of rotatable bonds is 6. The molecule has 0 aliphatic heterocycles. The Balaban J connectivity index is 1.44. The summed E-state index contributed by atoms with van der Waals surface area (Å²) in [6.07, 6.45) is 4.47. The SMILES string of the molecule is c1ccc(-n2ccc3c4cc([Si](c5ccccc5)(c5ccccc5)c5ccccc5)ccc4c4c(ccn4-c4ccccc4)c32)cc1. The zero-order chi connectivity index (χ0) is 31.2. The average molecular weight is 617 g/mol. The van der Waals surface area contributed by atoms with Crippen molar-refractivity contribution >= 4 is 61.4 Å². The minimum atomic E-state index is -2.70. The lowest BCUT2D eigenvalue weighted by Gasteiger charge is -2.34. The van der Waals surface area contributed by atoms with Gasteiger partial charge in [0.2, 0.25) is 0 Å². The molecule has 0 aliphatic rings. The lowest BCUT2D eigenvalue weighted by atomic mass is 10.0. The van der Waals surface area contributed by atoms with E-state index < -0.39 is 8.07 Å². The highest BCUT2D eigenvalue weighted by molar-refractivity contribution is 7.20. The topological polar surface area (TPSA) is 9.86 Å². The van der Waals surface area contributed by atoms with Crippen molar-refractivity contribution in [1.29, 1.82) is 0 Å². The fourth-order valence-corrected chi connectivity index (χ4v) is 12.5. The number of hydrogen-bond acceptors (Lipinski definition) is 0. The van der Waals surface area contributed by atoms with Crippen molar-refractivity contribution in [3.8, 4) is 11.4 Å². The standard InChI is InChI=1S/C44H32N2Si/c1-6-16-33(17-7-1)45-30-28-40-42-32-38(26-27-39(42)43-41(44(40)45)29-31-46(43)34-18-8-2-9-19-34)47(35-20-10-3-11-21-35,36-22-12-4-13-23-36)37-24-14-5-15-25-37/h1-32H. The van der Waals surface area contributed by atoms with Gasteiger partial charge in [0.15, 0.2) is 8.07 Å². The molecule has 0 fully saturated rings. The van der Waals surface area contributed by atoms with Crippen LogP contribution >= 0.6 is 0 Å². The maximum absolute atomic E-state index is 2.70. The molecule has 9 rings (SSSR count). The van der Waals surface area contributed by atoms with Crippen LogP contribution in [0.4, 0.5) is 0 Å². The van der Waals surface area contributed by atoms with E-state index in [9.17, 15) is 0 Å². The Bertz CT molecular complexity index is 2390. The number of nitrogens with zero attached hydrogens (tertiary/aromatic N) is 2.